The van der Waals surface area contributed by atoms with Gasteiger partial charge < -0.3 is 5.32 Å². The number of hydrogen-bond acceptors (Lipinski definition) is 2. The Morgan fingerprint density at radius 2 is 2.33 bits per heavy atom. The monoisotopic (exact) mass is 166 g/mol. The zero-order valence-corrected chi connectivity index (χ0v) is 7.19. The van der Waals surface area contributed by atoms with Crippen LogP contribution in [-0.2, 0) is 5.41 Å². The SMILES string of the molecule is CC1(C)CNc2cc(F)cnc21. The maximum Gasteiger partial charge on any atom is 0.143 e. The maximum atomic E-state index is 12.7. The van der Waals surface area contributed by atoms with Crippen LogP contribution in [-0.4, -0.2) is 11.5 Å². The van der Waals surface area contributed by atoms with E-state index in [-0.39, 0.29) is 11.2 Å². The Kier molecular flexibility index (Phi) is 1.37. The van der Waals surface area contributed by atoms with E-state index in [4.69, 9.17) is 0 Å². The van der Waals surface area contributed by atoms with Gasteiger partial charge in [0.1, 0.15) is 5.82 Å². The van der Waals surface area contributed by atoms with E-state index in [9.17, 15) is 4.39 Å². The van der Waals surface area contributed by atoms with Crippen molar-refractivity contribution in [2.24, 2.45) is 0 Å². The van der Waals surface area contributed by atoms with Gasteiger partial charge >= 0.3 is 0 Å². The van der Waals surface area contributed by atoms with E-state index in [0.29, 0.717) is 0 Å². The predicted molar refractivity (Wildman–Crippen MR) is 45.7 cm³/mol. The van der Waals surface area contributed by atoms with Gasteiger partial charge in [-0.2, -0.15) is 0 Å². The maximum absolute atomic E-state index is 12.7. The summed E-state index contributed by atoms with van der Waals surface area (Å²) in [7, 11) is 0. The molecule has 0 aromatic carbocycles. The van der Waals surface area contributed by atoms with Crippen molar-refractivity contribution < 1.29 is 4.39 Å². The first-order chi connectivity index (χ1) is 5.59. The molecule has 2 nitrogen and oxygen atoms in total. The third kappa shape index (κ3) is 0.967. The molecule has 0 saturated carbocycles. The second-order valence-corrected chi connectivity index (χ2v) is 3.79. The molecule has 1 aliphatic rings. The van der Waals surface area contributed by atoms with Crippen molar-refractivity contribution >= 4 is 5.69 Å². The van der Waals surface area contributed by atoms with Crippen molar-refractivity contribution in [3.05, 3.63) is 23.8 Å². The third-order valence-electron chi connectivity index (χ3n) is 2.22. The Morgan fingerprint density at radius 1 is 1.58 bits per heavy atom. The van der Waals surface area contributed by atoms with Crippen LogP contribution in [0.4, 0.5) is 10.1 Å². The van der Waals surface area contributed by atoms with Crippen LogP contribution in [0.3, 0.4) is 0 Å². The average Bonchev–Trinajstić information content (AvgIpc) is 2.27. The van der Waals surface area contributed by atoms with E-state index < -0.39 is 0 Å². The number of nitrogens with zero attached hydrogens (tertiary/aromatic N) is 1. The summed E-state index contributed by atoms with van der Waals surface area (Å²) in [5.41, 5.74) is 1.83. The van der Waals surface area contributed by atoms with E-state index in [1.807, 2.05) is 0 Å². The molecule has 0 radical (unpaired) electrons. The normalized spacial score (nSPS) is 18.6. The van der Waals surface area contributed by atoms with Crippen LogP contribution in [0.15, 0.2) is 12.3 Å². The molecule has 0 bridgehead atoms. The van der Waals surface area contributed by atoms with Crippen LogP contribution >= 0.6 is 0 Å². The molecule has 12 heavy (non-hydrogen) atoms. The fourth-order valence-electron chi connectivity index (χ4n) is 1.51. The highest BCUT2D eigenvalue weighted by molar-refractivity contribution is 5.56. The minimum absolute atomic E-state index is 0.0308. The van der Waals surface area contributed by atoms with Gasteiger partial charge in [-0.25, -0.2) is 4.39 Å². The largest absolute Gasteiger partial charge is 0.383 e. The average molecular weight is 166 g/mol. The summed E-state index contributed by atoms with van der Waals surface area (Å²) in [6.07, 6.45) is 1.27. The van der Waals surface area contributed by atoms with Gasteiger partial charge in [-0.3, -0.25) is 4.98 Å². The third-order valence-corrected chi connectivity index (χ3v) is 2.22. The lowest BCUT2D eigenvalue weighted by molar-refractivity contribution is 0.563. The van der Waals surface area contributed by atoms with Crippen molar-refractivity contribution in [3.63, 3.8) is 0 Å². The first-order valence-corrected chi connectivity index (χ1v) is 3.99. The summed E-state index contributed by atoms with van der Waals surface area (Å²) in [5, 5.41) is 3.13. The summed E-state index contributed by atoms with van der Waals surface area (Å²) >= 11 is 0. The Bertz CT molecular complexity index is 320. The second kappa shape index (κ2) is 2.19. The first-order valence-electron chi connectivity index (χ1n) is 3.99. The lowest BCUT2D eigenvalue weighted by atomic mass is 9.91. The van der Waals surface area contributed by atoms with Crippen molar-refractivity contribution in [1.29, 1.82) is 0 Å². The Labute approximate surface area is 70.8 Å². The number of anilines is 1. The van der Waals surface area contributed by atoms with Crippen LogP contribution in [0.2, 0.25) is 0 Å². The van der Waals surface area contributed by atoms with Crippen LogP contribution in [0.1, 0.15) is 19.5 Å². The molecule has 64 valence electrons. The van der Waals surface area contributed by atoms with Gasteiger partial charge in [0.15, 0.2) is 0 Å². The van der Waals surface area contributed by atoms with E-state index >= 15 is 0 Å². The van der Waals surface area contributed by atoms with Gasteiger partial charge in [0.2, 0.25) is 0 Å². The molecule has 1 N–H and O–H groups in total. The van der Waals surface area contributed by atoms with Gasteiger partial charge in [0, 0.05) is 18.0 Å². The van der Waals surface area contributed by atoms with E-state index in [0.717, 1.165) is 17.9 Å². The first kappa shape index (κ1) is 7.53. The molecule has 0 spiro atoms. The fourth-order valence-corrected chi connectivity index (χ4v) is 1.51. The Balaban J connectivity index is 2.55. The second-order valence-electron chi connectivity index (χ2n) is 3.79. The molecule has 2 heterocycles. The molecule has 0 saturated heterocycles. The number of nitrogens with one attached hydrogen (secondary N) is 1. The van der Waals surface area contributed by atoms with Crippen molar-refractivity contribution in [1.82, 2.24) is 4.98 Å². The van der Waals surface area contributed by atoms with Crippen LogP contribution < -0.4 is 5.32 Å². The van der Waals surface area contributed by atoms with Gasteiger partial charge in [-0.15, -0.1) is 0 Å². The molecule has 3 heteroatoms. The quantitative estimate of drug-likeness (QED) is 0.637. The van der Waals surface area contributed by atoms with Crippen molar-refractivity contribution in [2.75, 3.05) is 11.9 Å². The predicted octanol–water partition coefficient (Wildman–Crippen LogP) is 1.92. The number of hydrogen-bond donors (Lipinski definition) is 1. The molecular formula is C9H11FN2. The zero-order chi connectivity index (χ0) is 8.77. The van der Waals surface area contributed by atoms with Crippen molar-refractivity contribution in [3.8, 4) is 0 Å². The lowest BCUT2D eigenvalue weighted by Crippen LogP contribution is -2.19. The molecule has 2 rings (SSSR count). The van der Waals surface area contributed by atoms with Crippen molar-refractivity contribution in [2.45, 2.75) is 19.3 Å². The molecule has 1 aliphatic heterocycles. The molecule has 0 unspecified atom stereocenters. The van der Waals surface area contributed by atoms with Gasteiger partial charge in [-0.05, 0) is 0 Å². The molecule has 0 amide bonds. The van der Waals surface area contributed by atoms with Gasteiger partial charge in [0.25, 0.3) is 0 Å². The molecule has 0 fully saturated rings. The summed E-state index contributed by atoms with van der Waals surface area (Å²) in [4.78, 5) is 4.07. The zero-order valence-electron chi connectivity index (χ0n) is 7.19. The molecule has 1 aromatic heterocycles. The number of aromatic nitrogens is 1. The van der Waals surface area contributed by atoms with Crippen LogP contribution in [0.25, 0.3) is 0 Å². The van der Waals surface area contributed by atoms with Crippen LogP contribution in [0, 0.1) is 5.82 Å². The molecular weight excluding hydrogens is 155 g/mol. The number of pyridine rings is 1. The van der Waals surface area contributed by atoms with Gasteiger partial charge in [-0.1, -0.05) is 13.8 Å². The summed E-state index contributed by atoms with van der Waals surface area (Å²) in [5.74, 6) is -0.279. The number of rotatable bonds is 0. The smallest absolute Gasteiger partial charge is 0.143 e. The number of halogens is 1. The Hall–Kier alpha value is -1.12. The van der Waals surface area contributed by atoms with Crippen LogP contribution in [0.5, 0.6) is 0 Å². The van der Waals surface area contributed by atoms with E-state index in [2.05, 4.69) is 24.1 Å². The van der Waals surface area contributed by atoms with Gasteiger partial charge in [0.05, 0.1) is 17.6 Å². The molecule has 0 atom stereocenters. The topological polar surface area (TPSA) is 24.9 Å². The molecule has 0 aliphatic carbocycles. The number of fused-ring (bicyclic) bond motifs is 1. The van der Waals surface area contributed by atoms with E-state index in [1.165, 1.54) is 12.3 Å². The summed E-state index contributed by atoms with van der Waals surface area (Å²) in [6.45, 7) is 5.02. The molecule has 1 aromatic rings. The fraction of sp³-hybridized carbons (Fsp3) is 0.444. The lowest BCUT2D eigenvalue weighted by Gasteiger charge is -2.14. The highest BCUT2D eigenvalue weighted by Crippen LogP contribution is 2.34. The highest BCUT2D eigenvalue weighted by atomic mass is 19.1. The standard InChI is InChI=1S/C9H11FN2/c1-9(2)5-12-7-3-6(10)4-11-8(7)9/h3-4,12H,5H2,1-2H3. The minimum Gasteiger partial charge on any atom is -0.383 e. The summed E-state index contributed by atoms with van der Waals surface area (Å²) < 4.78 is 12.7. The highest BCUT2D eigenvalue weighted by Gasteiger charge is 2.31. The minimum atomic E-state index is -0.279. The summed E-state index contributed by atoms with van der Waals surface area (Å²) in [6, 6.07) is 1.50. The van der Waals surface area contributed by atoms with E-state index in [1.54, 1.807) is 0 Å². The Morgan fingerprint density at radius 3 is 3.08 bits per heavy atom.